The molecular weight excluding hydrogens is 248 g/mol. The van der Waals surface area contributed by atoms with E-state index in [4.69, 9.17) is 0 Å². The Morgan fingerprint density at radius 1 is 1.10 bits per heavy atom. The lowest BCUT2D eigenvalue weighted by atomic mass is 9.77. The van der Waals surface area contributed by atoms with E-state index in [2.05, 4.69) is 51.8 Å². The molecule has 0 spiro atoms. The van der Waals surface area contributed by atoms with E-state index < -0.39 is 0 Å². The fourth-order valence-electron chi connectivity index (χ4n) is 2.91. The van der Waals surface area contributed by atoms with Gasteiger partial charge in [0, 0.05) is 31.6 Å². The molecule has 1 aliphatic rings. The summed E-state index contributed by atoms with van der Waals surface area (Å²) in [4.78, 5) is 14.4. The summed E-state index contributed by atoms with van der Waals surface area (Å²) in [5, 5.41) is 3.39. The maximum atomic E-state index is 12.3. The number of amides is 1. The minimum absolute atomic E-state index is 0.0936. The molecule has 0 aliphatic carbocycles. The summed E-state index contributed by atoms with van der Waals surface area (Å²) in [6, 6.07) is 0. The molecule has 3 nitrogen and oxygen atoms in total. The second kappa shape index (κ2) is 6.93. The topological polar surface area (TPSA) is 32.3 Å². The second-order valence-electron chi connectivity index (χ2n) is 8.30. The van der Waals surface area contributed by atoms with Crippen molar-refractivity contribution in [2.24, 2.45) is 11.3 Å². The second-order valence-corrected chi connectivity index (χ2v) is 8.30. The van der Waals surface area contributed by atoms with Crippen LogP contribution < -0.4 is 5.32 Å². The van der Waals surface area contributed by atoms with Gasteiger partial charge >= 0.3 is 0 Å². The molecule has 0 aromatic carbocycles. The molecule has 1 unspecified atom stereocenters. The van der Waals surface area contributed by atoms with Gasteiger partial charge in [-0.05, 0) is 51.4 Å². The first kappa shape index (κ1) is 17.5. The summed E-state index contributed by atoms with van der Waals surface area (Å²) in [6.07, 6.45) is 4.19. The number of rotatable bonds is 3. The van der Waals surface area contributed by atoms with Crippen LogP contribution in [0.1, 0.15) is 67.2 Å². The third-order valence-corrected chi connectivity index (χ3v) is 4.30. The van der Waals surface area contributed by atoms with Crippen LogP contribution >= 0.6 is 0 Å². The first-order valence-corrected chi connectivity index (χ1v) is 8.12. The van der Waals surface area contributed by atoms with Gasteiger partial charge in [-0.25, -0.2) is 0 Å². The summed E-state index contributed by atoms with van der Waals surface area (Å²) < 4.78 is 0. The predicted molar refractivity (Wildman–Crippen MR) is 85.7 cm³/mol. The van der Waals surface area contributed by atoms with Gasteiger partial charge in [0.05, 0.1) is 0 Å². The average Bonchev–Trinajstić information content (AvgIpc) is 2.51. The molecule has 0 radical (unpaired) electrons. The molecule has 1 rings (SSSR count). The first-order valence-electron chi connectivity index (χ1n) is 8.12. The highest BCUT2D eigenvalue weighted by Crippen LogP contribution is 2.34. The highest BCUT2D eigenvalue weighted by molar-refractivity contribution is 5.76. The van der Waals surface area contributed by atoms with Crippen LogP contribution in [0.5, 0.6) is 0 Å². The van der Waals surface area contributed by atoms with Gasteiger partial charge < -0.3 is 10.2 Å². The summed E-state index contributed by atoms with van der Waals surface area (Å²) in [5.74, 6) is 1.06. The lowest BCUT2D eigenvalue weighted by Gasteiger charge is -2.29. The van der Waals surface area contributed by atoms with Crippen LogP contribution in [0.15, 0.2) is 0 Å². The number of nitrogens with zero attached hydrogens (tertiary/aromatic N) is 1. The van der Waals surface area contributed by atoms with Crippen molar-refractivity contribution in [1.82, 2.24) is 10.2 Å². The molecule has 1 atom stereocenters. The van der Waals surface area contributed by atoms with E-state index in [0.717, 1.165) is 38.4 Å². The Morgan fingerprint density at radius 2 is 1.75 bits per heavy atom. The van der Waals surface area contributed by atoms with E-state index in [-0.39, 0.29) is 5.54 Å². The fraction of sp³-hybridized carbons (Fsp3) is 0.941. The van der Waals surface area contributed by atoms with E-state index in [1.165, 1.54) is 6.42 Å². The Morgan fingerprint density at radius 3 is 2.30 bits per heavy atom. The molecule has 1 heterocycles. The third kappa shape index (κ3) is 6.25. The van der Waals surface area contributed by atoms with Crippen molar-refractivity contribution in [2.75, 3.05) is 19.6 Å². The largest absolute Gasteiger partial charge is 0.343 e. The van der Waals surface area contributed by atoms with Crippen molar-refractivity contribution in [3.63, 3.8) is 0 Å². The molecule has 20 heavy (non-hydrogen) atoms. The molecule has 0 saturated carbocycles. The maximum absolute atomic E-state index is 12.3. The van der Waals surface area contributed by atoms with Crippen LogP contribution in [-0.4, -0.2) is 36.0 Å². The molecule has 1 amide bonds. The SMILES string of the molecule is CC(C)(C)NCCC(=O)N1CCCC(C(C)(C)C)CC1. The van der Waals surface area contributed by atoms with Crippen molar-refractivity contribution in [3.05, 3.63) is 0 Å². The van der Waals surface area contributed by atoms with Crippen molar-refractivity contribution < 1.29 is 4.79 Å². The highest BCUT2D eigenvalue weighted by Gasteiger charge is 2.28. The van der Waals surface area contributed by atoms with Crippen molar-refractivity contribution in [3.8, 4) is 0 Å². The Labute approximate surface area is 125 Å². The molecule has 0 bridgehead atoms. The summed E-state index contributed by atoms with van der Waals surface area (Å²) in [5.41, 5.74) is 0.462. The molecule has 118 valence electrons. The van der Waals surface area contributed by atoms with Crippen molar-refractivity contribution in [1.29, 1.82) is 0 Å². The van der Waals surface area contributed by atoms with E-state index in [1.807, 2.05) is 0 Å². The smallest absolute Gasteiger partial charge is 0.223 e. The fourth-order valence-corrected chi connectivity index (χ4v) is 2.91. The summed E-state index contributed by atoms with van der Waals surface area (Å²) in [7, 11) is 0. The third-order valence-electron chi connectivity index (χ3n) is 4.30. The lowest BCUT2D eigenvalue weighted by molar-refractivity contribution is -0.131. The normalized spacial score (nSPS) is 21.7. The van der Waals surface area contributed by atoms with Gasteiger partial charge in [0.15, 0.2) is 0 Å². The average molecular weight is 282 g/mol. The number of carbonyl (C=O) groups excluding carboxylic acids is 1. The van der Waals surface area contributed by atoms with E-state index in [0.29, 0.717) is 17.7 Å². The minimum atomic E-state index is 0.0936. The van der Waals surface area contributed by atoms with Gasteiger partial charge in [0.25, 0.3) is 0 Å². The van der Waals surface area contributed by atoms with Crippen molar-refractivity contribution >= 4 is 5.91 Å². The molecule has 1 aliphatic heterocycles. The van der Waals surface area contributed by atoms with Gasteiger partial charge in [-0.15, -0.1) is 0 Å². The molecule has 0 aromatic rings. The lowest BCUT2D eigenvalue weighted by Crippen LogP contribution is -2.40. The number of hydrogen-bond donors (Lipinski definition) is 1. The zero-order valence-electron chi connectivity index (χ0n) is 14.4. The number of hydrogen-bond acceptors (Lipinski definition) is 2. The minimum Gasteiger partial charge on any atom is -0.343 e. The Hall–Kier alpha value is -0.570. The predicted octanol–water partition coefficient (Wildman–Crippen LogP) is 3.44. The Bertz CT molecular complexity index is 312. The monoisotopic (exact) mass is 282 g/mol. The summed E-state index contributed by atoms with van der Waals surface area (Å²) in [6.45, 7) is 16.0. The standard InChI is InChI=1S/C17H34N2O/c1-16(2,3)14-8-7-12-19(13-10-14)15(20)9-11-18-17(4,5)6/h14,18H,7-13H2,1-6H3. The zero-order chi connectivity index (χ0) is 15.4. The first-order chi connectivity index (χ1) is 9.09. The van der Waals surface area contributed by atoms with Crippen LogP contribution in [0.2, 0.25) is 0 Å². The van der Waals surface area contributed by atoms with Crippen molar-refractivity contribution in [2.45, 2.75) is 72.8 Å². The maximum Gasteiger partial charge on any atom is 0.223 e. The number of nitrogens with one attached hydrogen (secondary N) is 1. The number of likely N-dealkylation sites (tertiary alicyclic amines) is 1. The molecule has 0 aromatic heterocycles. The van der Waals surface area contributed by atoms with Gasteiger partial charge in [-0.1, -0.05) is 20.8 Å². The molecule has 1 N–H and O–H groups in total. The van der Waals surface area contributed by atoms with Gasteiger partial charge in [0.2, 0.25) is 5.91 Å². The number of carbonyl (C=O) groups is 1. The Balaban J connectivity index is 2.39. The van der Waals surface area contributed by atoms with Crippen LogP contribution in [0.25, 0.3) is 0 Å². The molecule has 1 fully saturated rings. The van der Waals surface area contributed by atoms with Gasteiger partial charge in [-0.3, -0.25) is 4.79 Å². The van der Waals surface area contributed by atoms with E-state index in [9.17, 15) is 4.79 Å². The summed E-state index contributed by atoms with van der Waals surface area (Å²) >= 11 is 0. The van der Waals surface area contributed by atoms with E-state index >= 15 is 0 Å². The quantitative estimate of drug-likeness (QED) is 0.860. The zero-order valence-corrected chi connectivity index (χ0v) is 14.4. The molecule has 3 heteroatoms. The van der Waals surface area contributed by atoms with Crippen LogP contribution in [0, 0.1) is 11.3 Å². The molecule has 1 saturated heterocycles. The molecular formula is C17H34N2O. The van der Waals surface area contributed by atoms with Gasteiger partial charge in [0.1, 0.15) is 0 Å². The Kier molecular flexibility index (Phi) is 6.06. The van der Waals surface area contributed by atoms with Crippen LogP contribution in [0.3, 0.4) is 0 Å². The van der Waals surface area contributed by atoms with E-state index in [1.54, 1.807) is 0 Å². The van der Waals surface area contributed by atoms with Gasteiger partial charge in [-0.2, -0.15) is 0 Å². The van der Waals surface area contributed by atoms with Crippen LogP contribution in [-0.2, 0) is 4.79 Å². The van der Waals surface area contributed by atoms with Crippen LogP contribution in [0.4, 0.5) is 0 Å². The highest BCUT2D eigenvalue weighted by atomic mass is 16.2.